The van der Waals surface area contributed by atoms with Gasteiger partial charge in [0.2, 0.25) is 5.91 Å². The molecule has 0 bridgehead atoms. The normalized spacial score (nSPS) is 17.4. The van der Waals surface area contributed by atoms with Crippen LogP contribution < -0.4 is 5.32 Å². The molecular formula is C19H27N5O. The zero-order valence-electron chi connectivity index (χ0n) is 15.1. The van der Waals surface area contributed by atoms with Crippen molar-refractivity contribution in [1.82, 2.24) is 25.2 Å². The molecule has 0 saturated carbocycles. The standard InChI is InChI=1S/C19H27N5O/c1-15(19(25)20-13-18-14-21-22-23(18)2)24-10-8-17(9-11-24)12-16-6-4-3-5-7-16/h3-7,14-15,17H,8-13H2,1-2H3,(H,20,25). The largest absolute Gasteiger partial charge is 0.349 e. The minimum atomic E-state index is -0.0983. The third kappa shape index (κ3) is 4.66. The Balaban J connectivity index is 1.43. The minimum absolute atomic E-state index is 0.0720. The van der Waals surface area contributed by atoms with E-state index >= 15 is 0 Å². The molecule has 0 spiro atoms. The lowest BCUT2D eigenvalue weighted by molar-refractivity contribution is -0.126. The maximum atomic E-state index is 12.4. The summed E-state index contributed by atoms with van der Waals surface area (Å²) in [6.07, 6.45) is 5.12. The number of nitrogens with one attached hydrogen (secondary N) is 1. The number of likely N-dealkylation sites (tertiary alicyclic amines) is 1. The summed E-state index contributed by atoms with van der Waals surface area (Å²) in [4.78, 5) is 14.7. The van der Waals surface area contributed by atoms with Crippen LogP contribution in [0.5, 0.6) is 0 Å². The number of benzene rings is 1. The van der Waals surface area contributed by atoms with Gasteiger partial charge in [0.25, 0.3) is 0 Å². The Morgan fingerprint density at radius 2 is 2.00 bits per heavy atom. The van der Waals surface area contributed by atoms with Gasteiger partial charge in [0, 0.05) is 7.05 Å². The highest BCUT2D eigenvalue weighted by molar-refractivity contribution is 5.81. The zero-order chi connectivity index (χ0) is 17.6. The monoisotopic (exact) mass is 341 g/mol. The van der Waals surface area contributed by atoms with Crippen molar-refractivity contribution >= 4 is 5.91 Å². The van der Waals surface area contributed by atoms with E-state index < -0.39 is 0 Å². The first-order valence-corrected chi connectivity index (χ1v) is 9.02. The van der Waals surface area contributed by atoms with E-state index in [9.17, 15) is 4.79 Å². The first-order chi connectivity index (χ1) is 12.1. The average Bonchev–Trinajstić information content (AvgIpc) is 3.05. The van der Waals surface area contributed by atoms with Crippen LogP contribution in [0.3, 0.4) is 0 Å². The Labute approximate surface area is 149 Å². The number of amides is 1. The quantitative estimate of drug-likeness (QED) is 0.870. The van der Waals surface area contributed by atoms with Crippen molar-refractivity contribution in [2.24, 2.45) is 13.0 Å². The molecule has 3 rings (SSSR count). The predicted octanol–water partition coefficient (Wildman–Crippen LogP) is 1.77. The molecule has 1 aliphatic rings. The molecule has 6 nitrogen and oxygen atoms in total. The highest BCUT2D eigenvalue weighted by Crippen LogP contribution is 2.22. The molecule has 2 heterocycles. The molecule has 1 amide bonds. The second-order valence-electron chi connectivity index (χ2n) is 6.91. The van der Waals surface area contributed by atoms with E-state index in [0.717, 1.165) is 44.0 Å². The van der Waals surface area contributed by atoms with E-state index in [1.165, 1.54) is 5.56 Å². The van der Waals surface area contributed by atoms with Gasteiger partial charge in [-0.15, -0.1) is 5.10 Å². The SMILES string of the molecule is CC(C(=O)NCc1cnnn1C)N1CCC(Cc2ccccc2)CC1. The maximum Gasteiger partial charge on any atom is 0.237 e. The van der Waals surface area contributed by atoms with Crippen molar-refractivity contribution in [3.63, 3.8) is 0 Å². The molecule has 1 aromatic carbocycles. The Morgan fingerprint density at radius 1 is 1.28 bits per heavy atom. The lowest BCUT2D eigenvalue weighted by Gasteiger charge is -2.35. The fraction of sp³-hybridized carbons (Fsp3) is 0.526. The van der Waals surface area contributed by atoms with Crippen molar-refractivity contribution in [3.8, 4) is 0 Å². The smallest absolute Gasteiger partial charge is 0.237 e. The minimum Gasteiger partial charge on any atom is -0.349 e. The van der Waals surface area contributed by atoms with Crippen molar-refractivity contribution in [2.45, 2.75) is 38.8 Å². The molecule has 0 radical (unpaired) electrons. The Kier molecular flexibility index (Phi) is 5.81. The van der Waals surface area contributed by atoms with Crippen LogP contribution >= 0.6 is 0 Å². The van der Waals surface area contributed by atoms with Gasteiger partial charge in [-0.25, -0.2) is 0 Å². The first-order valence-electron chi connectivity index (χ1n) is 9.02. The summed E-state index contributed by atoms with van der Waals surface area (Å²) in [6.45, 7) is 4.43. The highest BCUT2D eigenvalue weighted by atomic mass is 16.2. The number of aromatic nitrogens is 3. The van der Waals surface area contributed by atoms with E-state index in [4.69, 9.17) is 0 Å². The van der Waals surface area contributed by atoms with E-state index in [2.05, 4.69) is 50.9 Å². The average molecular weight is 341 g/mol. The summed E-state index contributed by atoms with van der Waals surface area (Å²) >= 11 is 0. The summed E-state index contributed by atoms with van der Waals surface area (Å²) in [5.41, 5.74) is 2.32. The Morgan fingerprint density at radius 3 is 2.64 bits per heavy atom. The van der Waals surface area contributed by atoms with Crippen LogP contribution in [-0.4, -0.2) is 44.9 Å². The van der Waals surface area contributed by atoms with Crippen LogP contribution in [0.25, 0.3) is 0 Å². The Hall–Kier alpha value is -2.21. The highest BCUT2D eigenvalue weighted by Gasteiger charge is 2.26. The number of piperidine rings is 1. The fourth-order valence-corrected chi connectivity index (χ4v) is 3.45. The summed E-state index contributed by atoms with van der Waals surface area (Å²) < 4.78 is 1.68. The number of hydrogen-bond acceptors (Lipinski definition) is 4. The molecule has 1 unspecified atom stereocenters. The molecule has 2 aromatic rings. The van der Waals surface area contributed by atoms with Crippen LogP contribution in [-0.2, 0) is 24.8 Å². The summed E-state index contributed by atoms with van der Waals surface area (Å²) in [7, 11) is 1.83. The first kappa shape index (κ1) is 17.6. The van der Waals surface area contributed by atoms with Gasteiger partial charge in [-0.1, -0.05) is 35.5 Å². The number of carbonyl (C=O) groups is 1. The molecule has 1 N–H and O–H groups in total. The van der Waals surface area contributed by atoms with Crippen LogP contribution in [0.4, 0.5) is 0 Å². The second-order valence-corrected chi connectivity index (χ2v) is 6.91. The topological polar surface area (TPSA) is 63.1 Å². The predicted molar refractivity (Wildman–Crippen MR) is 96.8 cm³/mol. The maximum absolute atomic E-state index is 12.4. The third-order valence-electron chi connectivity index (χ3n) is 5.20. The van der Waals surface area contributed by atoms with Gasteiger partial charge in [0.05, 0.1) is 24.5 Å². The van der Waals surface area contributed by atoms with E-state index in [0.29, 0.717) is 6.54 Å². The number of nitrogens with zero attached hydrogens (tertiary/aromatic N) is 4. The summed E-state index contributed by atoms with van der Waals surface area (Å²) in [6, 6.07) is 10.6. The van der Waals surface area contributed by atoms with Crippen LogP contribution in [0.1, 0.15) is 31.0 Å². The van der Waals surface area contributed by atoms with Gasteiger partial charge in [-0.2, -0.15) is 0 Å². The molecule has 1 atom stereocenters. The van der Waals surface area contributed by atoms with Crippen LogP contribution in [0, 0.1) is 5.92 Å². The van der Waals surface area contributed by atoms with Gasteiger partial charge >= 0.3 is 0 Å². The third-order valence-corrected chi connectivity index (χ3v) is 5.20. The molecule has 1 aliphatic heterocycles. The summed E-state index contributed by atoms with van der Waals surface area (Å²) in [5, 5.41) is 10.7. The molecule has 1 saturated heterocycles. The van der Waals surface area contributed by atoms with E-state index in [1.807, 2.05) is 14.0 Å². The van der Waals surface area contributed by atoms with Crippen LogP contribution in [0.15, 0.2) is 36.5 Å². The fourth-order valence-electron chi connectivity index (χ4n) is 3.45. The van der Waals surface area contributed by atoms with Gasteiger partial charge in [0.1, 0.15) is 0 Å². The number of rotatable bonds is 6. The molecule has 6 heteroatoms. The van der Waals surface area contributed by atoms with Crippen LogP contribution in [0.2, 0.25) is 0 Å². The zero-order valence-corrected chi connectivity index (χ0v) is 15.1. The van der Waals surface area contributed by atoms with Crippen molar-refractivity contribution in [3.05, 3.63) is 47.8 Å². The number of carbonyl (C=O) groups excluding carboxylic acids is 1. The van der Waals surface area contributed by atoms with Gasteiger partial charge in [-0.05, 0) is 50.8 Å². The molecule has 0 aliphatic carbocycles. The van der Waals surface area contributed by atoms with Crippen molar-refractivity contribution < 1.29 is 4.79 Å². The molecule has 25 heavy (non-hydrogen) atoms. The molecule has 1 fully saturated rings. The number of hydrogen-bond donors (Lipinski definition) is 1. The molecule has 134 valence electrons. The molecular weight excluding hydrogens is 314 g/mol. The van der Waals surface area contributed by atoms with E-state index in [-0.39, 0.29) is 11.9 Å². The lowest BCUT2D eigenvalue weighted by atomic mass is 9.89. The second kappa shape index (κ2) is 8.25. The van der Waals surface area contributed by atoms with Gasteiger partial charge < -0.3 is 5.32 Å². The molecule has 1 aromatic heterocycles. The number of aryl methyl sites for hydroxylation is 1. The van der Waals surface area contributed by atoms with Crippen molar-refractivity contribution in [1.29, 1.82) is 0 Å². The van der Waals surface area contributed by atoms with E-state index in [1.54, 1.807) is 10.9 Å². The Bertz CT molecular complexity index is 676. The van der Waals surface area contributed by atoms with Gasteiger partial charge in [-0.3, -0.25) is 14.4 Å². The lowest BCUT2D eigenvalue weighted by Crippen LogP contribution is -2.48. The van der Waals surface area contributed by atoms with Gasteiger partial charge in [0.15, 0.2) is 0 Å². The van der Waals surface area contributed by atoms with Crippen molar-refractivity contribution in [2.75, 3.05) is 13.1 Å². The summed E-state index contributed by atoms with van der Waals surface area (Å²) in [5.74, 6) is 0.789.